The molecule has 1 rings (SSSR count). The van der Waals surface area contributed by atoms with Gasteiger partial charge < -0.3 is 9.84 Å². The largest absolute Gasteiger partial charge is 0.867 e. The molecule has 0 unspecified atom stereocenters. The van der Waals surface area contributed by atoms with Gasteiger partial charge in [0, 0.05) is 0 Å². The van der Waals surface area contributed by atoms with Crippen molar-refractivity contribution in [1.82, 2.24) is 0 Å². The summed E-state index contributed by atoms with van der Waals surface area (Å²) in [4.78, 5) is 10.8. The molecule has 0 spiro atoms. The van der Waals surface area contributed by atoms with Gasteiger partial charge in [-0.3, -0.25) is 4.79 Å². The third kappa shape index (κ3) is 0.795. The van der Waals surface area contributed by atoms with Crippen molar-refractivity contribution in [2.75, 3.05) is 0 Å². The van der Waals surface area contributed by atoms with E-state index < -0.39 is 11.5 Å². The fourth-order valence-electron chi connectivity index (χ4n) is 0.719. The molecule has 0 saturated heterocycles. The summed E-state index contributed by atoms with van der Waals surface area (Å²) >= 11 is 0. The molecule has 0 atom stereocenters. The molecule has 10 heavy (non-hydrogen) atoms. The van der Waals surface area contributed by atoms with E-state index >= 15 is 0 Å². The lowest BCUT2D eigenvalue weighted by Gasteiger charge is -1.98. The van der Waals surface area contributed by atoms with Crippen LogP contribution >= 0.6 is 0 Å². The van der Waals surface area contributed by atoms with Gasteiger partial charge >= 0.3 is 0 Å². The van der Waals surface area contributed by atoms with Crippen LogP contribution in [0.2, 0.25) is 0 Å². The minimum Gasteiger partial charge on any atom is -0.867 e. The number of hydrogen-bond donors (Lipinski definition) is 0. The number of ketones is 1. The Labute approximate surface area is 58.6 Å². The van der Waals surface area contributed by atoms with Gasteiger partial charge in [-0.2, -0.15) is 0 Å². The lowest BCUT2D eigenvalue weighted by Crippen LogP contribution is -2.12. The molecule has 1 aliphatic rings. The fourth-order valence-corrected chi connectivity index (χ4v) is 0.719. The Morgan fingerprint density at radius 2 is 2.20 bits per heavy atom. The number of carbonyl (C=O) groups is 1. The van der Waals surface area contributed by atoms with Crippen molar-refractivity contribution in [3.63, 3.8) is 0 Å². The number of hydrogen-bond acceptors (Lipinski definition) is 3. The highest BCUT2D eigenvalue weighted by Gasteiger charge is 2.19. The molecule has 0 radical (unpaired) electrons. The molecule has 0 aromatic carbocycles. The molecule has 0 aromatic rings. The third-order valence-electron chi connectivity index (χ3n) is 1.28. The first-order valence-electron chi connectivity index (χ1n) is 2.93. The Hall–Kier alpha value is -1.25. The van der Waals surface area contributed by atoms with Crippen molar-refractivity contribution in [1.29, 1.82) is 0 Å². The summed E-state index contributed by atoms with van der Waals surface area (Å²) < 4.78 is 4.81. The summed E-state index contributed by atoms with van der Waals surface area (Å²) in [5, 5.41) is 10.7. The van der Waals surface area contributed by atoms with Gasteiger partial charge in [-0.15, -0.1) is 0 Å². The number of ether oxygens (including phenoxy) is 1. The van der Waals surface area contributed by atoms with Crippen LogP contribution in [0.4, 0.5) is 0 Å². The first kappa shape index (κ1) is 6.86. The average Bonchev–Trinajstić information content (AvgIpc) is 2.17. The first-order valence-corrected chi connectivity index (χ1v) is 2.93. The van der Waals surface area contributed by atoms with Crippen LogP contribution in [0, 0.1) is 0 Å². The summed E-state index contributed by atoms with van der Waals surface area (Å²) in [5.41, 5.74) is 0. The maximum atomic E-state index is 10.8. The monoisotopic (exact) mass is 139 g/mol. The van der Waals surface area contributed by atoms with Crippen LogP contribution in [0.25, 0.3) is 0 Å². The predicted molar refractivity (Wildman–Crippen MR) is 32.5 cm³/mol. The van der Waals surface area contributed by atoms with E-state index in [1.165, 1.54) is 13.0 Å². The molecule has 54 valence electrons. The van der Waals surface area contributed by atoms with Crippen molar-refractivity contribution < 1.29 is 14.6 Å². The van der Waals surface area contributed by atoms with Crippen LogP contribution in [-0.4, -0.2) is 5.78 Å². The molecular weight excluding hydrogens is 132 g/mol. The quantitative estimate of drug-likeness (QED) is 0.446. The van der Waals surface area contributed by atoms with Gasteiger partial charge in [0.15, 0.2) is 5.76 Å². The van der Waals surface area contributed by atoms with Crippen LogP contribution in [0.3, 0.4) is 0 Å². The summed E-state index contributed by atoms with van der Waals surface area (Å²) in [6.07, 6.45) is 1.48. The molecule has 3 heteroatoms. The Kier molecular flexibility index (Phi) is 1.49. The maximum absolute atomic E-state index is 10.8. The van der Waals surface area contributed by atoms with Crippen molar-refractivity contribution in [3.8, 4) is 0 Å². The molecule has 0 N–H and O–H groups in total. The van der Waals surface area contributed by atoms with E-state index in [0.717, 1.165) is 0 Å². The molecule has 3 nitrogen and oxygen atoms in total. The van der Waals surface area contributed by atoms with E-state index in [9.17, 15) is 9.90 Å². The minimum atomic E-state index is -0.542. The van der Waals surface area contributed by atoms with Crippen LogP contribution in [-0.2, 0) is 9.53 Å². The summed E-state index contributed by atoms with van der Waals surface area (Å²) in [7, 11) is 0. The van der Waals surface area contributed by atoms with E-state index in [0.29, 0.717) is 0 Å². The minimum absolute atomic E-state index is 0.141. The molecule has 0 saturated carbocycles. The zero-order chi connectivity index (χ0) is 7.72. The molecule has 0 aromatic heterocycles. The third-order valence-corrected chi connectivity index (χ3v) is 1.28. The highest BCUT2D eigenvalue weighted by molar-refractivity contribution is 6.06. The lowest BCUT2D eigenvalue weighted by atomic mass is 10.3. The fraction of sp³-hybridized carbons (Fsp3) is 0.286. The summed E-state index contributed by atoms with van der Waals surface area (Å²) in [5.74, 6) is -0.770. The van der Waals surface area contributed by atoms with Crippen LogP contribution < -0.4 is 5.11 Å². The Balaban J connectivity index is 2.98. The van der Waals surface area contributed by atoms with Gasteiger partial charge in [-0.05, 0) is 25.7 Å². The maximum Gasteiger partial charge on any atom is 0.216 e. The van der Waals surface area contributed by atoms with E-state index in [-0.39, 0.29) is 11.5 Å². The van der Waals surface area contributed by atoms with E-state index in [1.54, 1.807) is 6.92 Å². The molecule has 0 aliphatic carbocycles. The molecule has 0 amide bonds. The van der Waals surface area contributed by atoms with Gasteiger partial charge in [-0.25, -0.2) is 0 Å². The summed E-state index contributed by atoms with van der Waals surface area (Å²) in [6, 6.07) is 0. The Morgan fingerprint density at radius 1 is 1.60 bits per heavy atom. The van der Waals surface area contributed by atoms with Crippen molar-refractivity contribution in [2.24, 2.45) is 0 Å². The molecule has 0 fully saturated rings. The number of Topliss-reactive ketones (excluding diaryl/α,β-unsaturated/α-hetero) is 1. The molecule has 1 heterocycles. The zero-order valence-corrected chi connectivity index (χ0v) is 5.80. The molecule has 1 aliphatic heterocycles. The Morgan fingerprint density at radius 3 is 2.40 bits per heavy atom. The average molecular weight is 139 g/mol. The van der Waals surface area contributed by atoms with Crippen molar-refractivity contribution >= 4 is 5.78 Å². The van der Waals surface area contributed by atoms with E-state index in [4.69, 9.17) is 4.74 Å². The molecular formula is C7H7O3-. The van der Waals surface area contributed by atoms with Gasteiger partial charge in [0.05, 0.1) is 5.76 Å². The van der Waals surface area contributed by atoms with Gasteiger partial charge in [0.2, 0.25) is 5.78 Å². The van der Waals surface area contributed by atoms with Crippen molar-refractivity contribution in [3.05, 3.63) is 23.4 Å². The van der Waals surface area contributed by atoms with Crippen LogP contribution in [0.15, 0.2) is 23.4 Å². The van der Waals surface area contributed by atoms with Crippen LogP contribution in [0.1, 0.15) is 13.8 Å². The topological polar surface area (TPSA) is 49.4 Å². The predicted octanol–water partition coefficient (Wildman–Crippen LogP) is 0.0813. The SMILES string of the molecule is C/C=C1\OC(C)=C([O-])C1=O. The van der Waals surface area contributed by atoms with Crippen LogP contribution in [0.5, 0.6) is 0 Å². The highest BCUT2D eigenvalue weighted by Crippen LogP contribution is 2.19. The lowest BCUT2D eigenvalue weighted by molar-refractivity contribution is -0.299. The van der Waals surface area contributed by atoms with E-state index in [2.05, 4.69) is 0 Å². The number of carbonyl (C=O) groups excluding carboxylic acids is 1. The zero-order valence-electron chi connectivity index (χ0n) is 5.80. The second-order valence-electron chi connectivity index (χ2n) is 1.97. The number of allylic oxidation sites excluding steroid dienone is 2. The van der Waals surface area contributed by atoms with Gasteiger partial charge in [0.25, 0.3) is 0 Å². The molecule has 0 bridgehead atoms. The van der Waals surface area contributed by atoms with Gasteiger partial charge in [0.1, 0.15) is 0 Å². The second kappa shape index (κ2) is 2.17. The summed E-state index contributed by atoms with van der Waals surface area (Å²) in [6.45, 7) is 3.13. The standard InChI is InChI=1S/C7H8O3/c1-3-5-7(9)6(8)4(2)10-5/h3,8H,1-2H3/p-1/b5-3-. The normalized spacial score (nSPS) is 22.2. The highest BCUT2D eigenvalue weighted by atomic mass is 16.5. The second-order valence-corrected chi connectivity index (χ2v) is 1.97. The first-order chi connectivity index (χ1) is 4.66. The van der Waals surface area contributed by atoms with E-state index in [1.807, 2.05) is 0 Å². The Bertz CT molecular complexity index is 235. The number of rotatable bonds is 0. The van der Waals surface area contributed by atoms with Gasteiger partial charge in [-0.1, -0.05) is 0 Å². The van der Waals surface area contributed by atoms with Crippen molar-refractivity contribution in [2.45, 2.75) is 13.8 Å². The smallest absolute Gasteiger partial charge is 0.216 e.